The second kappa shape index (κ2) is 8.52. The van der Waals surface area contributed by atoms with E-state index in [1.165, 1.54) is 45.1 Å². The van der Waals surface area contributed by atoms with Gasteiger partial charge in [-0.15, -0.1) is 0 Å². The lowest BCUT2D eigenvalue weighted by molar-refractivity contribution is 0.0131. The number of aliphatic hydroxyl groups is 1. The van der Waals surface area contributed by atoms with E-state index in [9.17, 15) is 5.11 Å². The topological polar surface area (TPSA) is 59.9 Å². The lowest BCUT2D eigenvalue weighted by atomic mass is 9.85. The van der Waals surface area contributed by atoms with E-state index in [2.05, 4.69) is 22.5 Å². The molecule has 24 heavy (non-hydrogen) atoms. The highest BCUT2D eigenvalue weighted by Gasteiger charge is 2.31. The van der Waals surface area contributed by atoms with Crippen LogP contribution in [0.5, 0.6) is 0 Å². The molecule has 0 amide bonds. The first kappa shape index (κ1) is 18.0. The van der Waals surface area contributed by atoms with Gasteiger partial charge in [-0.1, -0.05) is 32.1 Å². The van der Waals surface area contributed by atoms with E-state index in [-0.39, 0.29) is 0 Å². The number of hydrogen-bond donors (Lipinski definition) is 3. The van der Waals surface area contributed by atoms with Gasteiger partial charge in [0.2, 0.25) is 0 Å². The SMILES string of the molecule is CCNC(=NCC1(O)CCCCC1)NC1CCN(C2CCCC2)C1. The Morgan fingerprint density at radius 2 is 1.88 bits per heavy atom. The quantitative estimate of drug-likeness (QED) is 0.532. The van der Waals surface area contributed by atoms with Crippen LogP contribution in [0.2, 0.25) is 0 Å². The summed E-state index contributed by atoms with van der Waals surface area (Å²) in [6.07, 6.45) is 12.1. The number of aliphatic imine (C=N–C) groups is 1. The van der Waals surface area contributed by atoms with Gasteiger partial charge in [-0.05, 0) is 39.0 Å². The van der Waals surface area contributed by atoms with Crippen molar-refractivity contribution in [3.05, 3.63) is 0 Å². The lowest BCUT2D eigenvalue weighted by Crippen LogP contribution is -2.46. The molecule has 3 fully saturated rings. The molecule has 0 aromatic carbocycles. The Hall–Kier alpha value is -0.810. The molecule has 2 saturated carbocycles. The average molecular weight is 337 g/mol. The Bertz CT molecular complexity index is 414. The number of nitrogens with one attached hydrogen (secondary N) is 2. The van der Waals surface area contributed by atoms with Crippen molar-refractivity contribution in [2.45, 2.75) is 88.8 Å². The molecule has 0 aromatic heterocycles. The second-order valence-corrected chi connectivity index (χ2v) is 8.04. The van der Waals surface area contributed by atoms with Gasteiger partial charge in [0.25, 0.3) is 0 Å². The zero-order valence-corrected chi connectivity index (χ0v) is 15.4. The van der Waals surface area contributed by atoms with Crippen molar-refractivity contribution >= 4 is 5.96 Å². The number of hydrogen-bond acceptors (Lipinski definition) is 3. The fourth-order valence-corrected chi connectivity index (χ4v) is 4.61. The van der Waals surface area contributed by atoms with E-state index < -0.39 is 5.60 Å². The Labute approximate surface area is 147 Å². The summed E-state index contributed by atoms with van der Waals surface area (Å²) in [6, 6.07) is 1.31. The van der Waals surface area contributed by atoms with Gasteiger partial charge >= 0.3 is 0 Å². The second-order valence-electron chi connectivity index (χ2n) is 8.04. The molecule has 0 aromatic rings. The highest BCUT2D eigenvalue weighted by Crippen LogP contribution is 2.28. The maximum Gasteiger partial charge on any atom is 0.191 e. The van der Waals surface area contributed by atoms with Crippen molar-refractivity contribution in [3.8, 4) is 0 Å². The van der Waals surface area contributed by atoms with E-state index in [0.717, 1.165) is 50.8 Å². The summed E-state index contributed by atoms with van der Waals surface area (Å²) in [5, 5.41) is 17.6. The van der Waals surface area contributed by atoms with Crippen LogP contribution in [-0.2, 0) is 0 Å². The van der Waals surface area contributed by atoms with E-state index in [4.69, 9.17) is 4.99 Å². The van der Waals surface area contributed by atoms with E-state index >= 15 is 0 Å². The summed E-state index contributed by atoms with van der Waals surface area (Å²) in [7, 11) is 0. The molecule has 3 rings (SSSR count). The minimum atomic E-state index is -0.577. The molecule has 1 saturated heterocycles. The molecule has 1 unspecified atom stereocenters. The summed E-state index contributed by atoms with van der Waals surface area (Å²) in [5.74, 6) is 0.884. The van der Waals surface area contributed by atoms with Gasteiger partial charge in [-0.25, -0.2) is 0 Å². The predicted molar refractivity (Wildman–Crippen MR) is 99.4 cm³/mol. The van der Waals surface area contributed by atoms with Gasteiger partial charge in [-0.3, -0.25) is 9.89 Å². The number of nitrogens with zero attached hydrogens (tertiary/aromatic N) is 2. The minimum absolute atomic E-state index is 0.490. The Balaban J connectivity index is 1.50. The van der Waals surface area contributed by atoms with Crippen molar-refractivity contribution in [2.75, 3.05) is 26.2 Å². The number of likely N-dealkylation sites (tertiary alicyclic amines) is 1. The normalized spacial score (nSPS) is 29.1. The predicted octanol–water partition coefficient (Wildman–Crippen LogP) is 2.25. The van der Waals surface area contributed by atoms with Crippen LogP contribution < -0.4 is 10.6 Å². The zero-order valence-electron chi connectivity index (χ0n) is 15.4. The molecular weight excluding hydrogens is 300 g/mol. The maximum absolute atomic E-state index is 10.7. The molecule has 5 nitrogen and oxygen atoms in total. The van der Waals surface area contributed by atoms with E-state index in [1.54, 1.807) is 0 Å². The Morgan fingerprint density at radius 3 is 2.58 bits per heavy atom. The van der Waals surface area contributed by atoms with Crippen LogP contribution >= 0.6 is 0 Å². The number of guanidine groups is 1. The van der Waals surface area contributed by atoms with Crippen molar-refractivity contribution in [2.24, 2.45) is 4.99 Å². The monoisotopic (exact) mass is 336 g/mol. The fraction of sp³-hybridized carbons (Fsp3) is 0.947. The van der Waals surface area contributed by atoms with Gasteiger partial charge in [0, 0.05) is 31.7 Å². The first-order valence-corrected chi connectivity index (χ1v) is 10.2. The molecule has 3 aliphatic rings. The van der Waals surface area contributed by atoms with Crippen LogP contribution in [0.25, 0.3) is 0 Å². The lowest BCUT2D eigenvalue weighted by Gasteiger charge is -2.31. The Morgan fingerprint density at radius 1 is 1.12 bits per heavy atom. The molecule has 1 aliphatic heterocycles. The standard InChI is InChI=1S/C19H36N4O/c1-2-20-18(21-15-19(24)11-6-3-7-12-19)22-16-10-13-23(14-16)17-8-4-5-9-17/h16-17,24H,2-15H2,1H3,(H2,20,21,22). The minimum Gasteiger partial charge on any atom is -0.388 e. The van der Waals surface area contributed by atoms with Gasteiger partial charge < -0.3 is 15.7 Å². The average Bonchev–Trinajstić information content (AvgIpc) is 3.25. The Kier molecular flexibility index (Phi) is 6.39. The van der Waals surface area contributed by atoms with E-state index in [0.29, 0.717) is 12.6 Å². The van der Waals surface area contributed by atoms with Gasteiger partial charge in [0.15, 0.2) is 5.96 Å². The molecular formula is C19H36N4O. The van der Waals surface area contributed by atoms with Gasteiger partial charge in [0.05, 0.1) is 12.1 Å². The molecule has 0 bridgehead atoms. The van der Waals surface area contributed by atoms with Crippen LogP contribution in [0.3, 0.4) is 0 Å². The maximum atomic E-state index is 10.7. The van der Waals surface area contributed by atoms with Crippen LogP contribution in [0.15, 0.2) is 4.99 Å². The highest BCUT2D eigenvalue weighted by atomic mass is 16.3. The van der Waals surface area contributed by atoms with Crippen LogP contribution in [-0.4, -0.2) is 59.8 Å². The van der Waals surface area contributed by atoms with Crippen molar-refractivity contribution in [3.63, 3.8) is 0 Å². The first-order valence-electron chi connectivity index (χ1n) is 10.2. The summed E-state index contributed by atoms with van der Waals surface area (Å²) in [6.45, 7) is 5.85. The summed E-state index contributed by atoms with van der Waals surface area (Å²) in [5.41, 5.74) is -0.577. The summed E-state index contributed by atoms with van der Waals surface area (Å²) < 4.78 is 0. The molecule has 5 heteroatoms. The van der Waals surface area contributed by atoms with Gasteiger partial charge in [-0.2, -0.15) is 0 Å². The van der Waals surface area contributed by atoms with Gasteiger partial charge in [0.1, 0.15) is 0 Å². The summed E-state index contributed by atoms with van der Waals surface area (Å²) >= 11 is 0. The molecule has 0 radical (unpaired) electrons. The van der Waals surface area contributed by atoms with Crippen molar-refractivity contribution < 1.29 is 5.11 Å². The molecule has 138 valence electrons. The van der Waals surface area contributed by atoms with Crippen molar-refractivity contribution in [1.29, 1.82) is 0 Å². The van der Waals surface area contributed by atoms with Crippen molar-refractivity contribution in [1.82, 2.24) is 15.5 Å². The molecule has 3 N–H and O–H groups in total. The highest BCUT2D eigenvalue weighted by molar-refractivity contribution is 5.80. The van der Waals surface area contributed by atoms with Crippen LogP contribution in [0.1, 0.15) is 71.1 Å². The smallest absolute Gasteiger partial charge is 0.191 e. The zero-order chi connectivity index (χ0) is 16.8. The molecule has 1 atom stereocenters. The third-order valence-corrected chi connectivity index (χ3v) is 6.06. The van der Waals surface area contributed by atoms with Crippen LogP contribution in [0.4, 0.5) is 0 Å². The summed E-state index contributed by atoms with van der Waals surface area (Å²) in [4.78, 5) is 7.39. The third-order valence-electron chi connectivity index (χ3n) is 6.06. The fourth-order valence-electron chi connectivity index (χ4n) is 4.61. The first-order chi connectivity index (χ1) is 11.7. The molecule has 2 aliphatic carbocycles. The van der Waals surface area contributed by atoms with E-state index in [1.807, 2.05) is 0 Å². The molecule has 1 heterocycles. The third kappa shape index (κ3) is 4.85. The number of rotatable bonds is 5. The molecule has 0 spiro atoms. The van der Waals surface area contributed by atoms with Crippen LogP contribution in [0, 0.1) is 0 Å². The largest absolute Gasteiger partial charge is 0.388 e.